The molecule has 0 aliphatic heterocycles. The number of hydrogen-bond acceptors (Lipinski definition) is 4. The van der Waals surface area contributed by atoms with Crippen molar-refractivity contribution in [1.82, 2.24) is 4.98 Å². The summed E-state index contributed by atoms with van der Waals surface area (Å²) in [6.45, 7) is 9.38. The molecule has 1 aromatic carbocycles. The third-order valence-corrected chi connectivity index (χ3v) is 4.23. The zero-order valence-electron chi connectivity index (χ0n) is 13.2. The molecule has 0 atom stereocenters. The number of benzene rings is 1. The second kappa shape index (κ2) is 6.94. The zero-order chi connectivity index (χ0) is 15.4. The van der Waals surface area contributed by atoms with E-state index in [-0.39, 0.29) is 0 Å². The quantitative estimate of drug-likeness (QED) is 0.769. The van der Waals surface area contributed by atoms with E-state index in [1.807, 2.05) is 18.2 Å². The number of anilines is 1. The van der Waals surface area contributed by atoms with E-state index in [0.29, 0.717) is 24.1 Å². The van der Waals surface area contributed by atoms with Crippen LogP contribution in [-0.4, -0.2) is 11.6 Å². The third-order valence-electron chi connectivity index (χ3n) is 3.32. The third kappa shape index (κ3) is 4.21. The Bertz CT molecular complexity index is 590. The minimum Gasteiger partial charge on any atom is -0.491 e. The summed E-state index contributed by atoms with van der Waals surface area (Å²) in [7, 11) is 0. The van der Waals surface area contributed by atoms with E-state index in [1.165, 1.54) is 0 Å². The van der Waals surface area contributed by atoms with Gasteiger partial charge in [0.2, 0.25) is 0 Å². The van der Waals surface area contributed by atoms with Gasteiger partial charge in [0.05, 0.1) is 18.0 Å². The molecule has 114 valence electrons. The van der Waals surface area contributed by atoms with Gasteiger partial charge in [0.25, 0.3) is 0 Å². The number of nitrogens with two attached hydrogens (primary N) is 1. The van der Waals surface area contributed by atoms with Crippen LogP contribution in [0.15, 0.2) is 23.6 Å². The number of rotatable bonds is 6. The molecule has 0 amide bonds. The molecular formula is C17H24N2OS. The average molecular weight is 304 g/mol. The van der Waals surface area contributed by atoms with Gasteiger partial charge >= 0.3 is 0 Å². The average Bonchev–Trinajstić information content (AvgIpc) is 2.90. The van der Waals surface area contributed by atoms with Crippen LogP contribution in [0.3, 0.4) is 0 Å². The predicted octanol–water partition coefficient (Wildman–Crippen LogP) is 4.94. The maximum absolute atomic E-state index is 6.09. The number of nitrogens with zero attached hydrogens (tertiary/aromatic N) is 1. The molecule has 1 aromatic heterocycles. The molecule has 0 radical (unpaired) electrons. The van der Waals surface area contributed by atoms with Crippen molar-refractivity contribution in [3.05, 3.63) is 29.3 Å². The van der Waals surface area contributed by atoms with Crippen LogP contribution >= 0.6 is 11.3 Å². The molecule has 1 heterocycles. The Hall–Kier alpha value is -1.55. The van der Waals surface area contributed by atoms with Crippen LogP contribution in [0.1, 0.15) is 45.7 Å². The SMILES string of the molecule is CC(C)CCOc1ccc(-c2nc(C(C)C)cs2)cc1N. The van der Waals surface area contributed by atoms with E-state index in [1.54, 1.807) is 11.3 Å². The van der Waals surface area contributed by atoms with Gasteiger partial charge in [-0.1, -0.05) is 27.7 Å². The van der Waals surface area contributed by atoms with Crippen LogP contribution in [0.25, 0.3) is 10.6 Å². The van der Waals surface area contributed by atoms with E-state index < -0.39 is 0 Å². The van der Waals surface area contributed by atoms with E-state index in [4.69, 9.17) is 10.5 Å². The molecule has 0 aliphatic rings. The topological polar surface area (TPSA) is 48.1 Å². The minimum absolute atomic E-state index is 0.450. The molecule has 0 spiro atoms. The Kier molecular flexibility index (Phi) is 5.23. The smallest absolute Gasteiger partial charge is 0.142 e. The molecule has 4 heteroatoms. The summed E-state index contributed by atoms with van der Waals surface area (Å²) in [6.07, 6.45) is 1.03. The van der Waals surface area contributed by atoms with Gasteiger partial charge in [-0.15, -0.1) is 11.3 Å². The highest BCUT2D eigenvalue weighted by molar-refractivity contribution is 7.13. The van der Waals surface area contributed by atoms with Gasteiger partial charge in [0.15, 0.2) is 0 Å². The Morgan fingerprint density at radius 3 is 2.57 bits per heavy atom. The number of nitrogen functional groups attached to an aromatic ring is 1. The van der Waals surface area contributed by atoms with Crippen LogP contribution in [0.2, 0.25) is 0 Å². The van der Waals surface area contributed by atoms with E-state index in [9.17, 15) is 0 Å². The molecule has 0 unspecified atom stereocenters. The fourth-order valence-electron chi connectivity index (χ4n) is 1.90. The maximum Gasteiger partial charge on any atom is 0.142 e. The lowest BCUT2D eigenvalue weighted by atomic mass is 10.1. The standard InChI is InChI=1S/C17H24N2OS/c1-11(2)7-8-20-16-6-5-13(9-14(16)18)17-19-15(10-21-17)12(3)4/h5-6,9-12H,7-8,18H2,1-4H3. The van der Waals surface area contributed by atoms with Gasteiger partial charge in [-0.2, -0.15) is 0 Å². The summed E-state index contributed by atoms with van der Waals surface area (Å²) < 4.78 is 5.74. The van der Waals surface area contributed by atoms with Gasteiger partial charge in [-0.05, 0) is 36.5 Å². The Morgan fingerprint density at radius 1 is 1.24 bits per heavy atom. The second-order valence-corrected chi connectivity index (χ2v) is 6.87. The molecule has 2 rings (SSSR count). The summed E-state index contributed by atoms with van der Waals surface area (Å²) in [5.41, 5.74) is 8.96. The van der Waals surface area contributed by atoms with Crippen molar-refractivity contribution in [1.29, 1.82) is 0 Å². The lowest BCUT2D eigenvalue weighted by Crippen LogP contribution is -2.03. The fourth-order valence-corrected chi connectivity index (χ4v) is 2.88. The summed E-state index contributed by atoms with van der Waals surface area (Å²) in [5.74, 6) is 1.85. The Morgan fingerprint density at radius 2 is 2.00 bits per heavy atom. The van der Waals surface area contributed by atoms with Gasteiger partial charge in [-0.25, -0.2) is 4.98 Å². The highest BCUT2D eigenvalue weighted by Crippen LogP contribution is 2.31. The normalized spacial score (nSPS) is 11.3. The number of hydrogen-bond donors (Lipinski definition) is 1. The summed E-state index contributed by atoms with van der Waals surface area (Å²) in [5, 5.41) is 3.13. The Labute approximate surface area is 131 Å². The molecule has 3 nitrogen and oxygen atoms in total. The van der Waals surface area contributed by atoms with Crippen molar-refractivity contribution in [2.45, 2.75) is 40.0 Å². The highest BCUT2D eigenvalue weighted by atomic mass is 32.1. The van der Waals surface area contributed by atoms with Crippen LogP contribution in [0.4, 0.5) is 5.69 Å². The van der Waals surface area contributed by atoms with Crippen LogP contribution in [-0.2, 0) is 0 Å². The van der Waals surface area contributed by atoms with E-state index >= 15 is 0 Å². The predicted molar refractivity (Wildman–Crippen MR) is 91.0 cm³/mol. The van der Waals surface area contributed by atoms with E-state index in [0.717, 1.165) is 28.4 Å². The molecule has 0 saturated heterocycles. The lowest BCUT2D eigenvalue weighted by molar-refractivity contribution is 0.291. The Balaban J connectivity index is 2.10. The summed E-state index contributed by atoms with van der Waals surface area (Å²) in [6, 6.07) is 5.93. The lowest BCUT2D eigenvalue weighted by Gasteiger charge is -2.11. The van der Waals surface area contributed by atoms with Gasteiger partial charge < -0.3 is 10.5 Å². The largest absolute Gasteiger partial charge is 0.491 e. The van der Waals surface area contributed by atoms with Crippen molar-refractivity contribution >= 4 is 17.0 Å². The van der Waals surface area contributed by atoms with E-state index in [2.05, 4.69) is 38.1 Å². The van der Waals surface area contributed by atoms with Crippen molar-refractivity contribution < 1.29 is 4.74 Å². The second-order valence-electron chi connectivity index (χ2n) is 6.02. The van der Waals surface area contributed by atoms with Crippen molar-refractivity contribution in [3.8, 4) is 16.3 Å². The molecule has 0 fully saturated rings. The van der Waals surface area contributed by atoms with Crippen molar-refractivity contribution in [2.75, 3.05) is 12.3 Å². The first-order valence-electron chi connectivity index (χ1n) is 7.45. The van der Waals surface area contributed by atoms with Crippen LogP contribution in [0, 0.1) is 5.92 Å². The summed E-state index contributed by atoms with van der Waals surface area (Å²) >= 11 is 1.66. The number of aromatic nitrogens is 1. The molecule has 2 N–H and O–H groups in total. The zero-order valence-corrected chi connectivity index (χ0v) is 14.0. The number of thiazole rings is 1. The number of ether oxygens (including phenoxy) is 1. The molecule has 21 heavy (non-hydrogen) atoms. The minimum atomic E-state index is 0.450. The monoisotopic (exact) mass is 304 g/mol. The van der Waals surface area contributed by atoms with Crippen molar-refractivity contribution in [2.24, 2.45) is 5.92 Å². The maximum atomic E-state index is 6.09. The van der Waals surface area contributed by atoms with Crippen LogP contribution in [0.5, 0.6) is 5.75 Å². The van der Waals surface area contributed by atoms with Gasteiger partial charge in [-0.3, -0.25) is 0 Å². The summed E-state index contributed by atoms with van der Waals surface area (Å²) in [4.78, 5) is 4.66. The van der Waals surface area contributed by atoms with Crippen LogP contribution < -0.4 is 10.5 Å². The first-order valence-corrected chi connectivity index (χ1v) is 8.33. The van der Waals surface area contributed by atoms with Gasteiger partial charge in [0.1, 0.15) is 10.8 Å². The molecular weight excluding hydrogens is 280 g/mol. The first kappa shape index (κ1) is 15.8. The molecule has 0 saturated carbocycles. The first-order chi connectivity index (χ1) is 9.97. The molecule has 0 aliphatic carbocycles. The van der Waals surface area contributed by atoms with Crippen molar-refractivity contribution in [3.63, 3.8) is 0 Å². The molecule has 0 bridgehead atoms. The molecule has 2 aromatic rings. The van der Waals surface area contributed by atoms with Gasteiger partial charge in [0, 0.05) is 10.9 Å². The fraction of sp³-hybridized carbons (Fsp3) is 0.471. The highest BCUT2D eigenvalue weighted by Gasteiger charge is 2.10.